The van der Waals surface area contributed by atoms with E-state index in [4.69, 9.17) is 11.6 Å². The van der Waals surface area contributed by atoms with Crippen LogP contribution in [0.4, 0.5) is 5.69 Å². The number of aryl methyl sites for hydroxylation is 2. The second-order valence-electron chi connectivity index (χ2n) is 6.33. The molecule has 23 heavy (non-hydrogen) atoms. The first-order chi connectivity index (χ1) is 11.0. The van der Waals surface area contributed by atoms with E-state index >= 15 is 0 Å². The van der Waals surface area contributed by atoms with Crippen molar-refractivity contribution < 1.29 is 5.11 Å². The van der Waals surface area contributed by atoms with Gasteiger partial charge in [0.05, 0.1) is 0 Å². The molecule has 3 rings (SSSR count). The lowest BCUT2D eigenvalue weighted by molar-refractivity contribution is 0.246. The summed E-state index contributed by atoms with van der Waals surface area (Å²) < 4.78 is 0. The summed E-state index contributed by atoms with van der Waals surface area (Å²) in [4.78, 5) is 4.82. The van der Waals surface area contributed by atoms with Crippen LogP contribution in [0.3, 0.4) is 0 Å². The predicted molar refractivity (Wildman–Crippen MR) is 96.5 cm³/mol. The number of phenolic OH excluding ortho intramolecular Hbond substituents is 1. The average molecular weight is 331 g/mol. The van der Waals surface area contributed by atoms with E-state index in [2.05, 4.69) is 41.8 Å². The smallest absolute Gasteiger partial charge is 0.120 e. The maximum Gasteiger partial charge on any atom is 0.120 e. The standard InChI is InChI=1S/C19H23ClN2O/c1-14-3-4-15(2)18(11-14)22-9-7-21(8-10-22)13-16-12-17(20)5-6-19(16)23/h3-6,11-12,23H,7-10,13H2,1-2H3. The Morgan fingerprint density at radius 2 is 1.74 bits per heavy atom. The van der Waals surface area contributed by atoms with E-state index in [1.54, 1.807) is 12.1 Å². The zero-order valence-electron chi connectivity index (χ0n) is 13.7. The van der Waals surface area contributed by atoms with Gasteiger partial charge in [-0.25, -0.2) is 0 Å². The Hall–Kier alpha value is -1.71. The summed E-state index contributed by atoms with van der Waals surface area (Å²) in [7, 11) is 0. The molecular weight excluding hydrogens is 308 g/mol. The third kappa shape index (κ3) is 3.80. The molecule has 1 saturated heterocycles. The summed E-state index contributed by atoms with van der Waals surface area (Å²) in [6.45, 7) is 9.04. The number of hydrogen-bond acceptors (Lipinski definition) is 3. The highest BCUT2D eigenvalue weighted by Gasteiger charge is 2.19. The van der Waals surface area contributed by atoms with Gasteiger partial charge in [0.1, 0.15) is 5.75 Å². The van der Waals surface area contributed by atoms with Crippen LogP contribution in [0.15, 0.2) is 36.4 Å². The number of anilines is 1. The maximum atomic E-state index is 9.97. The summed E-state index contributed by atoms with van der Waals surface area (Å²) in [5.74, 6) is 0.325. The number of aromatic hydroxyl groups is 1. The molecule has 0 unspecified atom stereocenters. The monoisotopic (exact) mass is 330 g/mol. The van der Waals surface area contributed by atoms with Gasteiger partial charge >= 0.3 is 0 Å². The Bertz CT molecular complexity index is 694. The quantitative estimate of drug-likeness (QED) is 0.922. The molecule has 0 spiro atoms. The molecule has 122 valence electrons. The summed E-state index contributed by atoms with van der Waals surface area (Å²) in [5.41, 5.74) is 4.88. The fourth-order valence-corrected chi connectivity index (χ4v) is 3.32. The number of nitrogens with zero attached hydrogens (tertiary/aromatic N) is 2. The molecule has 1 aliphatic heterocycles. The number of piperazine rings is 1. The van der Waals surface area contributed by atoms with E-state index in [1.807, 2.05) is 6.07 Å². The van der Waals surface area contributed by atoms with Crippen molar-refractivity contribution in [2.24, 2.45) is 0 Å². The zero-order chi connectivity index (χ0) is 16.4. The second-order valence-corrected chi connectivity index (χ2v) is 6.76. The molecule has 0 aliphatic carbocycles. The van der Waals surface area contributed by atoms with Crippen molar-refractivity contribution in [1.29, 1.82) is 0 Å². The summed E-state index contributed by atoms with van der Waals surface area (Å²) in [6.07, 6.45) is 0. The minimum absolute atomic E-state index is 0.325. The van der Waals surface area contributed by atoms with Crippen LogP contribution in [0.5, 0.6) is 5.75 Å². The summed E-state index contributed by atoms with van der Waals surface area (Å²) in [6, 6.07) is 11.9. The molecule has 1 fully saturated rings. The van der Waals surface area contributed by atoms with Crippen LogP contribution < -0.4 is 4.90 Å². The van der Waals surface area contributed by atoms with Crippen molar-refractivity contribution in [3.05, 3.63) is 58.1 Å². The molecule has 4 heteroatoms. The van der Waals surface area contributed by atoms with Crippen molar-refractivity contribution in [1.82, 2.24) is 4.90 Å². The SMILES string of the molecule is Cc1ccc(C)c(N2CCN(Cc3cc(Cl)ccc3O)CC2)c1. The molecule has 2 aromatic carbocycles. The highest BCUT2D eigenvalue weighted by molar-refractivity contribution is 6.30. The van der Waals surface area contributed by atoms with Gasteiger partial charge in [0.15, 0.2) is 0 Å². The highest BCUT2D eigenvalue weighted by Crippen LogP contribution is 2.25. The first kappa shape index (κ1) is 16.2. The van der Waals surface area contributed by atoms with Gasteiger partial charge in [0.2, 0.25) is 0 Å². The van der Waals surface area contributed by atoms with Crippen molar-refractivity contribution in [2.75, 3.05) is 31.1 Å². The van der Waals surface area contributed by atoms with E-state index in [-0.39, 0.29) is 0 Å². The van der Waals surface area contributed by atoms with Crippen LogP contribution >= 0.6 is 11.6 Å². The molecule has 1 heterocycles. The van der Waals surface area contributed by atoms with Crippen molar-refractivity contribution in [2.45, 2.75) is 20.4 Å². The third-order valence-corrected chi connectivity index (χ3v) is 4.75. The van der Waals surface area contributed by atoms with Gasteiger partial charge in [-0.2, -0.15) is 0 Å². The molecule has 0 aromatic heterocycles. The second kappa shape index (κ2) is 6.81. The van der Waals surface area contributed by atoms with Crippen LogP contribution in [-0.4, -0.2) is 36.2 Å². The highest BCUT2D eigenvalue weighted by atomic mass is 35.5. The van der Waals surface area contributed by atoms with Gasteiger partial charge < -0.3 is 10.0 Å². The molecule has 1 aliphatic rings. The first-order valence-electron chi connectivity index (χ1n) is 8.05. The lowest BCUT2D eigenvalue weighted by atomic mass is 10.1. The van der Waals surface area contributed by atoms with Gasteiger partial charge in [-0.15, -0.1) is 0 Å². The molecule has 0 amide bonds. The Morgan fingerprint density at radius 1 is 1.00 bits per heavy atom. The predicted octanol–water partition coefficient (Wildman–Crippen LogP) is 3.98. The number of rotatable bonds is 3. The fraction of sp³-hybridized carbons (Fsp3) is 0.368. The van der Waals surface area contributed by atoms with Gasteiger partial charge in [-0.3, -0.25) is 4.90 Å². The lowest BCUT2D eigenvalue weighted by Gasteiger charge is -2.37. The van der Waals surface area contributed by atoms with Crippen molar-refractivity contribution in [3.63, 3.8) is 0 Å². The zero-order valence-corrected chi connectivity index (χ0v) is 14.5. The molecule has 3 nitrogen and oxygen atoms in total. The molecule has 0 radical (unpaired) electrons. The third-order valence-electron chi connectivity index (χ3n) is 4.51. The Labute approximate surface area is 143 Å². The van der Waals surface area contributed by atoms with Gasteiger partial charge in [0.25, 0.3) is 0 Å². The molecule has 1 N–H and O–H groups in total. The number of hydrogen-bond donors (Lipinski definition) is 1. The van der Waals surface area contributed by atoms with Crippen molar-refractivity contribution >= 4 is 17.3 Å². The Kier molecular flexibility index (Phi) is 4.79. The van der Waals surface area contributed by atoms with E-state index in [0.717, 1.165) is 38.3 Å². The van der Waals surface area contributed by atoms with Crippen LogP contribution in [0.2, 0.25) is 5.02 Å². The first-order valence-corrected chi connectivity index (χ1v) is 8.42. The number of phenols is 1. The molecule has 0 saturated carbocycles. The van der Waals surface area contributed by atoms with E-state index in [1.165, 1.54) is 16.8 Å². The topological polar surface area (TPSA) is 26.7 Å². The molecular formula is C19H23ClN2O. The van der Waals surface area contributed by atoms with Crippen LogP contribution in [0.25, 0.3) is 0 Å². The minimum Gasteiger partial charge on any atom is -0.508 e. The molecule has 0 bridgehead atoms. The molecule has 0 atom stereocenters. The van der Waals surface area contributed by atoms with Crippen molar-refractivity contribution in [3.8, 4) is 5.75 Å². The van der Waals surface area contributed by atoms with Crippen LogP contribution in [-0.2, 0) is 6.54 Å². The number of halogens is 1. The van der Waals surface area contributed by atoms with Gasteiger partial charge in [0, 0.05) is 49.0 Å². The fourth-order valence-electron chi connectivity index (χ4n) is 3.13. The van der Waals surface area contributed by atoms with E-state index in [9.17, 15) is 5.11 Å². The normalized spacial score (nSPS) is 15.9. The molecule has 2 aromatic rings. The van der Waals surface area contributed by atoms with Gasteiger partial charge in [-0.1, -0.05) is 23.7 Å². The Balaban J connectivity index is 1.64. The largest absolute Gasteiger partial charge is 0.508 e. The Morgan fingerprint density at radius 3 is 2.48 bits per heavy atom. The summed E-state index contributed by atoms with van der Waals surface area (Å²) >= 11 is 6.03. The van der Waals surface area contributed by atoms with Crippen LogP contribution in [0.1, 0.15) is 16.7 Å². The minimum atomic E-state index is 0.325. The maximum absolute atomic E-state index is 9.97. The average Bonchev–Trinajstić information content (AvgIpc) is 2.54. The van der Waals surface area contributed by atoms with Gasteiger partial charge in [-0.05, 0) is 49.2 Å². The van der Waals surface area contributed by atoms with Crippen LogP contribution in [0, 0.1) is 13.8 Å². The summed E-state index contributed by atoms with van der Waals surface area (Å²) in [5, 5.41) is 10.6. The van der Waals surface area contributed by atoms with E-state index < -0.39 is 0 Å². The lowest BCUT2D eigenvalue weighted by Crippen LogP contribution is -2.46. The number of benzene rings is 2. The van der Waals surface area contributed by atoms with E-state index in [0.29, 0.717) is 10.8 Å².